The van der Waals surface area contributed by atoms with Gasteiger partial charge in [-0.15, -0.1) is 0 Å². The number of carbonyl (C=O) groups is 2. The molecule has 6 heteroatoms. The molecule has 0 aliphatic carbocycles. The molecule has 0 saturated heterocycles. The highest BCUT2D eigenvalue weighted by atomic mass is 79.9. The third-order valence-corrected chi connectivity index (χ3v) is 3.85. The van der Waals surface area contributed by atoms with Crippen molar-refractivity contribution in [3.63, 3.8) is 0 Å². The van der Waals surface area contributed by atoms with Gasteiger partial charge in [0, 0.05) is 10.5 Å². The van der Waals surface area contributed by atoms with Crippen molar-refractivity contribution in [3.8, 4) is 0 Å². The number of carbonyl (C=O) groups excluding carboxylic acids is 2. The molecule has 0 radical (unpaired) electrons. The number of benzene rings is 2. The maximum atomic E-state index is 11.7. The zero-order valence-electron chi connectivity index (χ0n) is 12.0. The average Bonchev–Trinajstić information content (AvgIpc) is 2.54. The first-order chi connectivity index (χ1) is 11.1. The number of halogens is 2. The summed E-state index contributed by atoms with van der Waals surface area (Å²) in [6.45, 7) is -0.385. The van der Waals surface area contributed by atoms with E-state index in [0.717, 1.165) is 10.0 Å². The van der Waals surface area contributed by atoms with E-state index in [-0.39, 0.29) is 6.61 Å². The number of esters is 1. The minimum absolute atomic E-state index is 0.385. The monoisotopic (exact) mass is 393 g/mol. The summed E-state index contributed by atoms with van der Waals surface area (Å²) in [5.74, 6) is -1.06. The summed E-state index contributed by atoms with van der Waals surface area (Å²) in [7, 11) is 0. The van der Waals surface area contributed by atoms with Crippen molar-refractivity contribution in [2.45, 2.75) is 0 Å². The van der Waals surface area contributed by atoms with Crippen LogP contribution in [0.15, 0.2) is 59.1 Å². The number of anilines is 1. The van der Waals surface area contributed by atoms with Crippen LogP contribution >= 0.6 is 27.5 Å². The molecule has 0 aliphatic rings. The Kier molecular flexibility index (Phi) is 6.38. The molecule has 2 rings (SSSR count). The molecule has 0 aromatic heterocycles. The third kappa shape index (κ3) is 5.54. The maximum Gasteiger partial charge on any atom is 0.331 e. The number of para-hydroxylation sites is 1. The lowest BCUT2D eigenvalue weighted by atomic mass is 10.2. The van der Waals surface area contributed by atoms with E-state index in [1.165, 1.54) is 6.08 Å². The second kappa shape index (κ2) is 8.50. The Bertz CT molecular complexity index is 746. The minimum Gasteiger partial charge on any atom is -0.452 e. The first-order valence-electron chi connectivity index (χ1n) is 6.70. The number of ether oxygens (including phenoxy) is 1. The quantitative estimate of drug-likeness (QED) is 0.608. The molecule has 2 aromatic rings. The fraction of sp³-hybridized carbons (Fsp3) is 0.0588. The lowest BCUT2D eigenvalue weighted by Crippen LogP contribution is -2.20. The molecule has 1 N–H and O–H groups in total. The van der Waals surface area contributed by atoms with Crippen molar-refractivity contribution >= 4 is 51.2 Å². The van der Waals surface area contributed by atoms with Gasteiger partial charge in [0.25, 0.3) is 5.91 Å². The topological polar surface area (TPSA) is 55.4 Å². The highest BCUT2D eigenvalue weighted by Crippen LogP contribution is 2.20. The zero-order valence-corrected chi connectivity index (χ0v) is 14.3. The van der Waals surface area contributed by atoms with Gasteiger partial charge in [-0.3, -0.25) is 4.79 Å². The van der Waals surface area contributed by atoms with Crippen molar-refractivity contribution in [1.29, 1.82) is 0 Å². The van der Waals surface area contributed by atoms with Crippen LogP contribution in [0, 0.1) is 0 Å². The van der Waals surface area contributed by atoms with Crippen LogP contribution in [0.2, 0.25) is 5.02 Å². The summed E-state index contributed by atoms with van der Waals surface area (Å²) in [6.07, 6.45) is 2.88. The van der Waals surface area contributed by atoms with Gasteiger partial charge in [-0.25, -0.2) is 4.79 Å². The summed E-state index contributed by atoms with van der Waals surface area (Å²) in [4.78, 5) is 23.3. The molecule has 0 aliphatic heterocycles. The maximum absolute atomic E-state index is 11.7. The smallest absolute Gasteiger partial charge is 0.331 e. The SMILES string of the molecule is O=C(COC(=O)/C=C/c1ccccc1Br)Nc1ccccc1Cl. The summed E-state index contributed by atoms with van der Waals surface area (Å²) >= 11 is 9.30. The highest BCUT2D eigenvalue weighted by molar-refractivity contribution is 9.10. The Balaban J connectivity index is 1.83. The summed E-state index contributed by atoms with van der Waals surface area (Å²) in [5.41, 5.74) is 1.31. The average molecular weight is 395 g/mol. The number of rotatable bonds is 5. The Morgan fingerprint density at radius 2 is 1.83 bits per heavy atom. The second-order valence-electron chi connectivity index (χ2n) is 4.49. The largest absolute Gasteiger partial charge is 0.452 e. The lowest BCUT2D eigenvalue weighted by Gasteiger charge is -2.06. The lowest BCUT2D eigenvalue weighted by molar-refractivity contribution is -0.142. The van der Waals surface area contributed by atoms with Gasteiger partial charge in [0.2, 0.25) is 0 Å². The van der Waals surface area contributed by atoms with Crippen molar-refractivity contribution in [1.82, 2.24) is 0 Å². The number of hydrogen-bond acceptors (Lipinski definition) is 3. The molecular formula is C17H13BrClNO3. The Morgan fingerprint density at radius 3 is 2.57 bits per heavy atom. The number of amides is 1. The highest BCUT2D eigenvalue weighted by Gasteiger charge is 2.07. The van der Waals surface area contributed by atoms with E-state index >= 15 is 0 Å². The van der Waals surface area contributed by atoms with E-state index in [1.54, 1.807) is 30.3 Å². The summed E-state index contributed by atoms with van der Waals surface area (Å²) in [5, 5.41) is 2.99. The Hall–Kier alpha value is -2.11. The van der Waals surface area contributed by atoms with E-state index in [1.807, 2.05) is 24.3 Å². The predicted octanol–water partition coefficient (Wildman–Crippen LogP) is 4.30. The van der Waals surface area contributed by atoms with Gasteiger partial charge < -0.3 is 10.1 Å². The van der Waals surface area contributed by atoms with Crippen LogP contribution in [0.4, 0.5) is 5.69 Å². The van der Waals surface area contributed by atoms with Gasteiger partial charge in [0.05, 0.1) is 10.7 Å². The molecule has 0 atom stereocenters. The first kappa shape index (κ1) is 17.2. The van der Waals surface area contributed by atoms with Gasteiger partial charge in [0.1, 0.15) is 0 Å². The van der Waals surface area contributed by atoms with E-state index in [0.29, 0.717) is 10.7 Å². The minimum atomic E-state index is -0.602. The third-order valence-electron chi connectivity index (χ3n) is 2.80. The van der Waals surface area contributed by atoms with Crippen LogP contribution in [0.5, 0.6) is 0 Å². The fourth-order valence-electron chi connectivity index (χ4n) is 1.70. The van der Waals surface area contributed by atoms with Gasteiger partial charge in [-0.2, -0.15) is 0 Å². The van der Waals surface area contributed by atoms with Crippen molar-refractivity contribution in [3.05, 3.63) is 69.7 Å². The molecule has 0 unspecified atom stereocenters. The number of nitrogens with one attached hydrogen (secondary N) is 1. The fourth-order valence-corrected chi connectivity index (χ4v) is 2.30. The molecule has 4 nitrogen and oxygen atoms in total. The molecule has 0 fully saturated rings. The van der Waals surface area contributed by atoms with Crippen molar-refractivity contribution < 1.29 is 14.3 Å². The van der Waals surface area contributed by atoms with E-state index < -0.39 is 11.9 Å². The summed E-state index contributed by atoms with van der Waals surface area (Å²) < 4.78 is 5.74. The van der Waals surface area contributed by atoms with Crippen LogP contribution in [-0.4, -0.2) is 18.5 Å². The zero-order chi connectivity index (χ0) is 16.7. The van der Waals surface area contributed by atoms with Gasteiger partial charge in [-0.1, -0.05) is 57.9 Å². The van der Waals surface area contributed by atoms with Crippen molar-refractivity contribution in [2.24, 2.45) is 0 Å². The van der Waals surface area contributed by atoms with Gasteiger partial charge in [0.15, 0.2) is 6.61 Å². The van der Waals surface area contributed by atoms with Crippen LogP contribution in [0.25, 0.3) is 6.08 Å². The summed E-state index contributed by atoms with van der Waals surface area (Å²) in [6, 6.07) is 14.3. The molecule has 1 amide bonds. The first-order valence-corrected chi connectivity index (χ1v) is 7.87. The van der Waals surface area contributed by atoms with Gasteiger partial charge in [-0.05, 0) is 29.8 Å². The van der Waals surface area contributed by atoms with Crippen LogP contribution in [-0.2, 0) is 14.3 Å². The Morgan fingerprint density at radius 1 is 1.13 bits per heavy atom. The normalized spacial score (nSPS) is 10.5. The van der Waals surface area contributed by atoms with Crippen LogP contribution in [0.1, 0.15) is 5.56 Å². The molecule has 23 heavy (non-hydrogen) atoms. The molecule has 0 saturated carbocycles. The number of hydrogen-bond donors (Lipinski definition) is 1. The molecule has 2 aromatic carbocycles. The Labute approximate surface area is 147 Å². The van der Waals surface area contributed by atoms with Crippen LogP contribution < -0.4 is 5.32 Å². The van der Waals surface area contributed by atoms with E-state index in [9.17, 15) is 9.59 Å². The van der Waals surface area contributed by atoms with E-state index in [2.05, 4.69) is 21.2 Å². The predicted molar refractivity (Wildman–Crippen MR) is 94.2 cm³/mol. The van der Waals surface area contributed by atoms with Crippen LogP contribution in [0.3, 0.4) is 0 Å². The molecule has 0 heterocycles. The van der Waals surface area contributed by atoms with E-state index in [4.69, 9.17) is 16.3 Å². The molecule has 0 spiro atoms. The molecule has 118 valence electrons. The standard InChI is InChI=1S/C17H13BrClNO3/c18-13-6-2-1-5-12(13)9-10-17(22)23-11-16(21)20-15-8-4-3-7-14(15)19/h1-10H,11H2,(H,20,21)/b10-9+. The molecular weight excluding hydrogens is 382 g/mol. The van der Waals surface area contributed by atoms with Crippen molar-refractivity contribution in [2.75, 3.05) is 11.9 Å². The molecule has 0 bridgehead atoms. The van der Waals surface area contributed by atoms with Gasteiger partial charge >= 0.3 is 5.97 Å². The second-order valence-corrected chi connectivity index (χ2v) is 5.75.